The molecule has 1 aliphatic rings. The standard InChI is InChI=1S/C23H19N5OS/c1-15-14-16(10-11-25-15)21-22(27-13-12-26-21)29-18-8-6-17(7-9-18)28-19-4-2-3-5-20(19)30-23(28)24/h2-14,23H,24H2,1H3. The van der Waals surface area contributed by atoms with E-state index in [4.69, 9.17) is 10.5 Å². The third-order valence-electron chi connectivity index (χ3n) is 4.79. The highest BCUT2D eigenvalue weighted by molar-refractivity contribution is 8.00. The lowest BCUT2D eigenvalue weighted by molar-refractivity contribution is 0.462. The van der Waals surface area contributed by atoms with Crippen LogP contribution in [0.5, 0.6) is 11.6 Å². The molecule has 0 saturated carbocycles. The summed E-state index contributed by atoms with van der Waals surface area (Å²) >= 11 is 1.65. The Morgan fingerprint density at radius 1 is 0.933 bits per heavy atom. The van der Waals surface area contributed by atoms with E-state index in [0.717, 1.165) is 22.6 Å². The summed E-state index contributed by atoms with van der Waals surface area (Å²) in [4.78, 5) is 16.4. The van der Waals surface area contributed by atoms with Crippen LogP contribution >= 0.6 is 11.8 Å². The summed E-state index contributed by atoms with van der Waals surface area (Å²) in [6, 6.07) is 19.9. The number of nitrogens with zero attached hydrogens (tertiary/aromatic N) is 4. The van der Waals surface area contributed by atoms with E-state index >= 15 is 0 Å². The number of aromatic nitrogens is 3. The quantitative estimate of drug-likeness (QED) is 0.497. The van der Waals surface area contributed by atoms with Gasteiger partial charge in [0.1, 0.15) is 16.9 Å². The third-order valence-corrected chi connectivity index (χ3v) is 5.84. The van der Waals surface area contributed by atoms with E-state index in [-0.39, 0.29) is 5.50 Å². The predicted octanol–water partition coefficient (Wildman–Crippen LogP) is 5.13. The molecule has 2 aromatic carbocycles. The number of aryl methyl sites for hydroxylation is 1. The van der Waals surface area contributed by atoms with Gasteiger partial charge in [0.05, 0.1) is 5.69 Å². The van der Waals surface area contributed by atoms with E-state index < -0.39 is 0 Å². The fourth-order valence-corrected chi connectivity index (χ4v) is 4.48. The summed E-state index contributed by atoms with van der Waals surface area (Å²) in [6.45, 7) is 1.94. The van der Waals surface area contributed by atoms with E-state index in [1.165, 1.54) is 4.90 Å². The van der Waals surface area contributed by atoms with E-state index in [2.05, 4.69) is 32.0 Å². The smallest absolute Gasteiger partial charge is 0.246 e. The fourth-order valence-electron chi connectivity index (χ4n) is 3.44. The van der Waals surface area contributed by atoms with E-state index in [9.17, 15) is 0 Å². The second kappa shape index (κ2) is 7.78. The van der Waals surface area contributed by atoms with Gasteiger partial charge in [0.25, 0.3) is 0 Å². The minimum Gasteiger partial charge on any atom is -0.437 e. The summed E-state index contributed by atoms with van der Waals surface area (Å²) in [5.74, 6) is 1.13. The number of fused-ring (bicyclic) bond motifs is 1. The molecule has 30 heavy (non-hydrogen) atoms. The molecule has 1 aliphatic heterocycles. The molecule has 0 fully saturated rings. The zero-order chi connectivity index (χ0) is 20.5. The molecule has 148 valence electrons. The zero-order valence-corrected chi connectivity index (χ0v) is 17.1. The Bertz CT molecular complexity index is 1200. The van der Waals surface area contributed by atoms with Crippen molar-refractivity contribution in [3.05, 3.63) is 84.9 Å². The Kier molecular flexibility index (Phi) is 4.82. The normalized spacial score (nSPS) is 15.1. The van der Waals surface area contributed by atoms with E-state index in [1.54, 1.807) is 30.4 Å². The molecule has 6 nitrogen and oxygen atoms in total. The largest absolute Gasteiger partial charge is 0.437 e. The van der Waals surface area contributed by atoms with E-state index in [0.29, 0.717) is 17.3 Å². The van der Waals surface area contributed by atoms with Crippen LogP contribution in [0.15, 0.2) is 84.1 Å². The first-order chi connectivity index (χ1) is 14.7. The maximum Gasteiger partial charge on any atom is 0.246 e. The number of thioether (sulfide) groups is 1. The van der Waals surface area contributed by atoms with Crippen LogP contribution in [-0.4, -0.2) is 20.4 Å². The molecule has 0 amide bonds. The van der Waals surface area contributed by atoms with Gasteiger partial charge in [-0.2, -0.15) is 0 Å². The highest BCUT2D eigenvalue weighted by atomic mass is 32.2. The summed E-state index contributed by atoms with van der Waals surface area (Å²) in [5.41, 5.74) is 10.8. The van der Waals surface area contributed by atoms with Crippen molar-refractivity contribution in [3.8, 4) is 22.9 Å². The molecule has 2 N–H and O–H groups in total. The molecule has 0 radical (unpaired) electrons. The molecular weight excluding hydrogens is 394 g/mol. The Balaban J connectivity index is 1.42. The van der Waals surface area contributed by atoms with Gasteiger partial charge in [-0.1, -0.05) is 23.9 Å². The number of anilines is 2. The highest BCUT2D eigenvalue weighted by Gasteiger charge is 2.28. The molecule has 1 atom stereocenters. The van der Waals surface area contributed by atoms with Crippen molar-refractivity contribution in [1.29, 1.82) is 0 Å². The average molecular weight is 414 g/mol. The Labute approximate surface area is 178 Å². The van der Waals surface area contributed by atoms with Crippen LogP contribution in [0.1, 0.15) is 5.69 Å². The first kappa shape index (κ1) is 18.6. The maximum absolute atomic E-state index is 6.35. The van der Waals surface area contributed by atoms with Gasteiger partial charge in [-0.25, -0.2) is 9.97 Å². The van der Waals surface area contributed by atoms with Crippen LogP contribution in [-0.2, 0) is 0 Å². The van der Waals surface area contributed by atoms with Crippen LogP contribution in [0.3, 0.4) is 0 Å². The second-order valence-corrected chi connectivity index (χ2v) is 8.00. The number of nitrogens with two attached hydrogens (primary N) is 1. The average Bonchev–Trinajstić information content (AvgIpc) is 3.10. The van der Waals surface area contributed by atoms with Crippen molar-refractivity contribution >= 4 is 23.1 Å². The highest BCUT2D eigenvalue weighted by Crippen LogP contribution is 2.45. The van der Waals surface area contributed by atoms with Crippen LogP contribution in [0.4, 0.5) is 11.4 Å². The van der Waals surface area contributed by atoms with Crippen molar-refractivity contribution in [2.75, 3.05) is 4.90 Å². The molecule has 2 aromatic heterocycles. The van der Waals surface area contributed by atoms with Crippen LogP contribution in [0.25, 0.3) is 11.3 Å². The van der Waals surface area contributed by atoms with Crippen LogP contribution in [0, 0.1) is 6.92 Å². The lowest BCUT2D eigenvalue weighted by atomic mass is 10.1. The molecule has 0 spiro atoms. The number of ether oxygens (including phenoxy) is 1. The Morgan fingerprint density at radius 3 is 2.57 bits per heavy atom. The number of rotatable bonds is 4. The lowest BCUT2D eigenvalue weighted by Gasteiger charge is -2.23. The number of benzene rings is 2. The lowest BCUT2D eigenvalue weighted by Crippen LogP contribution is -2.31. The minimum absolute atomic E-state index is 0.157. The van der Waals surface area contributed by atoms with Gasteiger partial charge in [-0.15, -0.1) is 0 Å². The van der Waals surface area contributed by atoms with Gasteiger partial charge in [0, 0.05) is 40.4 Å². The third kappa shape index (κ3) is 3.49. The number of hydrogen-bond donors (Lipinski definition) is 1. The molecule has 5 rings (SSSR count). The van der Waals surface area contributed by atoms with Crippen molar-refractivity contribution in [3.63, 3.8) is 0 Å². The molecule has 1 unspecified atom stereocenters. The van der Waals surface area contributed by atoms with Gasteiger partial charge < -0.3 is 15.4 Å². The van der Waals surface area contributed by atoms with Crippen molar-refractivity contribution in [1.82, 2.24) is 15.0 Å². The fraction of sp³-hybridized carbons (Fsp3) is 0.0870. The van der Waals surface area contributed by atoms with Crippen LogP contribution < -0.4 is 15.4 Å². The SMILES string of the molecule is Cc1cc(-c2nccnc2Oc2ccc(N3c4ccccc4SC3N)cc2)ccn1. The Morgan fingerprint density at radius 2 is 1.73 bits per heavy atom. The summed E-state index contributed by atoms with van der Waals surface area (Å²) in [5, 5.41) is 0. The Hall–Kier alpha value is -3.42. The minimum atomic E-state index is -0.157. The molecule has 7 heteroatoms. The van der Waals surface area contributed by atoms with E-state index in [1.807, 2.05) is 55.5 Å². The van der Waals surface area contributed by atoms with Gasteiger partial charge in [0.2, 0.25) is 5.88 Å². The molecule has 4 aromatic rings. The molecule has 0 saturated heterocycles. The first-order valence-electron chi connectivity index (χ1n) is 9.51. The number of pyridine rings is 1. The van der Waals surface area contributed by atoms with Gasteiger partial charge in [-0.3, -0.25) is 4.98 Å². The van der Waals surface area contributed by atoms with Gasteiger partial charge in [-0.05, 0) is 55.5 Å². The molecular formula is C23H19N5OS. The maximum atomic E-state index is 6.35. The summed E-state index contributed by atoms with van der Waals surface area (Å²) in [7, 11) is 0. The van der Waals surface area contributed by atoms with Gasteiger partial charge >= 0.3 is 0 Å². The topological polar surface area (TPSA) is 77.2 Å². The van der Waals surface area contributed by atoms with Crippen molar-refractivity contribution in [2.24, 2.45) is 5.73 Å². The molecule has 0 bridgehead atoms. The van der Waals surface area contributed by atoms with Crippen molar-refractivity contribution in [2.45, 2.75) is 17.3 Å². The molecule has 0 aliphatic carbocycles. The predicted molar refractivity (Wildman–Crippen MR) is 119 cm³/mol. The molecule has 3 heterocycles. The summed E-state index contributed by atoms with van der Waals surface area (Å²) < 4.78 is 6.07. The van der Waals surface area contributed by atoms with Gasteiger partial charge in [0.15, 0.2) is 0 Å². The number of para-hydroxylation sites is 1. The van der Waals surface area contributed by atoms with Crippen molar-refractivity contribution < 1.29 is 4.74 Å². The zero-order valence-electron chi connectivity index (χ0n) is 16.3. The van der Waals surface area contributed by atoms with Crippen LogP contribution in [0.2, 0.25) is 0 Å². The summed E-state index contributed by atoms with van der Waals surface area (Å²) in [6.07, 6.45) is 5.04. The number of hydrogen-bond acceptors (Lipinski definition) is 7. The monoisotopic (exact) mass is 413 g/mol. The first-order valence-corrected chi connectivity index (χ1v) is 10.4. The second-order valence-electron chi connectivity index (χ2n) is 6.84.